The van der Waals surface area contributed by atoms with Crippen LogP contribution in [0.1, 0.15) is 24.2 Å². The van der Waals surface area contributed by atoms with Crippen molar-refractivity contribution in [1.29, 1.82) is 0 Å². The SMILES string of the molecule is COc1ccc(Cl)cc1C(=O)N1CCN(c2nnc(SCC(=O)NC(C)C)s2)CC1. The number of amides is 2. The number of hydrogen-bond acceptors (Lipinski definition) is 8. The van der Waals surface area contributed by atoms with Crippen LogP contribution in [0.4, 0.5) is 5.13 Å². The minimum Gasteiger partial charge on any atom is -0.496 e. The fourth-order valence-corrected chi connectivity index (χ4v) is 4.87. The molecule has 0 unspecified atom stereocenters. The fourth-order valence-electron chi connectivity index (χ4n) is 3.00. The Labute approximate surface area is 188 Å². The van der Waals surface area contributed by atoms with Crippen LogP contribution < -0.4 is 15.0 Å². The summed E-state index contributed by atoms with van der Waals surface area (Å²) in [5, 5.41) is 12.6. The topological polar surface area (TPSA) is 87.7 Å². The summed E-state index contributed by atoms with van der Waals surface area (Å²) in [6.07, 6.45) is 0. The average Bonchev–Trinajstić information content (AvgIpc) is 3.20. The van der Waals surface area contributed by atoms with Crippen molar-refractivity contribution in [2.75, 3.05) is 43.9 Å². The lowest BCUT2D eigenvalue weighted by Crippen LogP contribution is -2.48. The molecule has 2 aromatic rings. The molecule has 0 spiro atoms. The quantitative estimate of drug-likeness (QED) is 0.624. The second kappa shape index (κ2) is 10.3. The molecule has 0 atom stereocenters. The van der Waals surface area contributed by atoms with Crippen LogP contribution in [-0.2, 0) is 4.79 Å². The average molecular weight is 470 g/mol. The maximum absolute atomic E-state index is 12.9. The molecule has 30 heavy (non-hydrogen) atoms. The number of halogens is 1. The van der Waals surface area contributed by atoms with E-state index >= 15 is 0 Å². The molecule has 2 heterocycles. The van der Waals surface area contributed by atoms with Gasteiger partial charge in [-0.1, -0.05) is 34.7 Å². The summed E-state index contributed by atoms with van der Waals surface area (Å²) in [6.45, 7) is 6.29. The lowest BCUT2D eigenvalue weighted by Gasteiger charge is -2.34. The van der Waals surface area contributed by atoms with Crippen molar-refractivity contribution in [3.8, 4) is 5.75 Å². The number of carbonyl (C=O) groups excluding carboxylic acids is 2. The van der Waals surface area contributed by atoms with E-state index in [1.165, 1.54) is 30.2 Å². The zero-order valence-electron chi connectivity index (χ0n) is 17.1. The first kappa shape index (κ1) is 22.6. The van der Waals surface area contributed by atoms with Crippen LogP contribution in [0.15, 0.2) is 22.5 Å². The molecule has 2 amide bonds. The van der Waals surface area contributed by atoms with E-state index < -0.39 is 0 Å². The molecule has 1 N–H and O–H groups in total. The van der Waals surface area contributed by atoms with Gasteiger partial charge in [-0.05, 0) is 32.0 Å². The summed E-state index contributed by atoms with van der Waals surface area (Å²) >= 11 is 8.90. The molecule has 1 saturated heterocycles. The molecule has 1 aromatic carbocycles. The molecule has 0 bridgehead atoms. The molecular weight excluding hydrogens is 446 g/mol. The van der Waals surface area contributed by atoms with E-state index in [-0.39, 0.29) is 17.9 Å². The third kappa shape index (κ3) is 5.77. The van der Waals surface area contributed by atoms with E-state index in [0.717, 1.165) is 9.47 Å². The maximum Gasteiger partial charge on any atom is 0.257 e. The van der Waals surface area contributed by atoms with Crippen molar-refractivity contribution in [2.45, 2.75) is 24.2 Å². The molecule has 1 fully saturated rings. The smallest absolute Gasteiger partial charge is 0.257 e. The summed E-state index contributed by atoms with van der Waals surface area (Å²) in [7, 11) is 1.54. The van der Waals surface area contributed by atoms with Crippen molar-refractivity contribution in [2.24, 2.45) is 0 Å². The van der Waals surface area contributed by atoms with Crippen LogP contribution >= 0.6 is 34.7 Å². The number of benzene rings is 1. The van der Waals surface area contributed by atoms with Crippen LogP contribution in [0.25, 0.3) is 0 Å². The van der Waals surface area contributed by atoms with Gasteiger partial charge >= 0.3 is 0 Å². The van der Waals surface area contributed by atoms with Crippen LogP contribution in [0.2, 0.25) is 5.02 Å². The standard InChI is InChI=1S/C19H24ClN5O3S2/c1-12(2)21-16(26)11-29-19-23-22-18(30-19)25-8-6-24(7-9-25)17(27)14-10-13(20)4-5-15(14)28-3/h4-5,10,12H,6-9,11H2,1-3H3,(H,21,26). The van der Waals surface area contributed by atoms with Gasteiger partial charge in [-0.2, -0.15) is 0 Å². The van der Waals surface area contributed by atoms with Gasteiger partial charge in [0.25, 0.3) is 5.91 Å². The molecule has 8 nitrogen and oxygen atoms in total. The van der Waals surface area contributed by atoms with Gasteiger partial charge in [0.1, 0.15) is 5.75 Å². The number of carbonyl (C=O) groups is 2. The van der Waals surface area contributed by atoms with Crippen molar-refractivity contribution in [1.82, 2.24) is 20.4 Å². The first-order valence-corrected chi connectivity index (χ1v) is 11.7. The van der Waals surface area contributed by atoms with Gasteiger partial charge in [-0.15, -0.1) is 10.2 Å². The van der Waals surface area contributed by atoms with E-state index in [0.29, 0.717) is 48.3 Å². The number of hydrogen-bond donors (Lipinski definition) is 1. The lowest BCUT2D eigenvalue weighted by molar-refractivity contribution is -0.119. The van der Waals surface area contributed by atoms with Crippen LogP contribution in [0.3, 0.4) is 0 Å². The number of nitrogens with one attached hydrogen (secondary N) is 1. The highest BCUT2D eigenvalue weighted by molar-refractivity contribution is 8.01. The number of ether oxygens (including phenoxy) is 1. The Kier molecular flexibility index (Phi) is 7.79. The summed E-state index contributed by atoms with van der Waals surface area (Å²) < 4.78 is 6.06. The van der Waals surface area contributed by atoms with E-state index in [1.54, 1.807) is 23.1 Å². The number of piperazine rings is 1. The molecular formula is C19H24ClN5O3S2. The van der Waals surface area contributed by atoms with Gasteiger partial charge in [0, 0.05) is 37.2 Å². The third-order valence-electron chi connectivity index (χ3n) is 4.40. The minimum atomic E-state index is -0.0985. The van der Waals surface area contributed by atoms with Gasteiger partial charge in [-0.25, -0.2) is 0 Å². The van der Waals surface area contributed by atoms with Gasteiger partial charge in [-0.3, -0.25) is 9.59 Å². The Bertz CT molecular complexity index is 900. The number of rotatable bonds is 7. The Hall–Kier alpha value is -2.04. The minimum absolute atomic E-state index is 0.0182. The van der Waals surface area contributed by atoms with Crippen molar-refractivity contribution in [3.05, 3.63) is 28.8 Å². The third-order valence-corrected chi connectivity index (χ3v) is 6.75. The Balaban J connectivity index is 1.55. The van der Waals surface area contributed by atoms with Gasteiger partial charge in [0.05, 0.1) is 18.4 Å². The predicted octanol–water partition coefficient (Wildman–Crippen LogP) is 2.78. The van der Waals surface area contributed by atoms with E-state index in [1.807, 2.05) is 13.8 Å². The zero-order chi connectivity index (χ0) is 21.7. The van der Waals surface area contributed by atoms with Gasteiger partial charge in [0.2, 0.25) is 11.0 Å². The molecule has 1 aliphatic rings. The zero-order valence-corrected chi connectivity index (χ0v) is 19.4. The normalized spacial score (nSPS) is 14.2. The molecule has 0 aliphatic carbocycles. The largest absolute Gasteiger partial charge is 0.496 e. The molecule has 1 aromatic heterocycles. The molecule has 162 valence electrons. The van der Waals surface area contributed by atoms with Crippen molar-refractivity contribution in [3.63, 3.8) is 0 Å². The van der Waals surface area contributed by atoms with E-state index in [2.05, 4.69) is 20.4 Å². The highest BCUT2D eigenvalue weighted by Gasteiger charge is 2.26. The van der Waals surface area contributed by atoms with Gasteiger partial charge < -0.3 is 19.9 Å². The summed E-state index contributed by atoms with van der Waals surface area (Å²) in [4.78, 5) is 28.6. The molecule has 3 rings (SSSR count). The first-order chi connectivity index (χ1) is 14.4. The summed E-state index contributed by atoms with van der Waals surface area (Å²) in [5.41, 5.74) is 0.465. The number of thioether (sulfide) groups is 1. The summed E-state index contributed by atoms with van der Waals surface area (Å²) in [5.74, 6) is 0.712. The van der Waals surface area contributed by atoms with Crippen LogP contribution in [0.5, 0.6) is 5.75 Å². The molecule has 11 heteroatoms. The number of anilines is 1. The highest BCUT2D eigenvalue weighted by Crippen LogP contribution is 2.29. The molecule has 0 saturated carbocycles. The Morgan fingerprint density at radius 3 is 2.67 bits per heavy atom. The first-order valence-electron chi connectivity index (χ1n) is 9.50. The lowest BCUT2D eigenvalue weighted by atomic mass is 10.1. The fraction of sp³-hybridized carbons (Fsp3) is 0.474. The molecule has 1 aliphatic heterocycles. The number of aromatic nitrogens is 2. The molecule has 0 radical (unpaired) electrons. The number of methoxy groups -OCH3 is 1. The Morgan fingerprint density at radius 1 is 1.27 bits per heavy atom. The van der Waals surface area contributed by atoms with Gasteiger partial charge in [0.15, 0.2) is 4.34 Å². The van der Waals surface area contributed by atoms with E-state index in [4.69, 9.17) is 16.3 Å². The predicted molar refractivity (Wildman–Crippen MR) is 120 cm³/mol. The second-order valence-corrected chi connectivity index (χ2v) is 9.60. The van der Waals surface area contributed by atoms with Crippen molar-refractivity contribution < 1.29 is 14.3 Å². The maximum atomic E-state index is 12.9. The highest BCUT2D eigenvalue weighted by atomic mass is 35.5. The van der Waals surface area contributed by atoms with Crippen molar-refractivity contribution >= 4 is 51.6 Å². The summed E-state index contributed by atoms with van der Waals surface area (Å²) in [6, 6.07) is 5.16. The van der Waals surface area contributed by atoms with Crippen LogP contribution in [-0.4, -0.2) is 72.0 Å². The monoisotopic (exact) mass is 469 g/mol. The van der Waals surface area contributed by atoms with Crippen LogP contribution in [0, 0.1) is 0 Å². The van der Waals surface area contributed by atoms with E-state index in [9.17, 15) is 9.59 Å². The Morgan fingerprint density at radius 2 is 2.00 bits per heavy atom. The second-order valence-electron chi connectivity index (χ2n) is 6.99. The number of nitrogens with zero attached hydrogens (tertiary/aromatic N) is 4.